The number of carbonyl (C=O) groups excluding carboxylic acids is 1. The maximum absolute atomic E-state index is 11.0. The smallest absolute Gasteiger partial charge is 0.221 e. The highest BCUT2D eigenvalue weighted by molar-refractivity contribution is 5.89. The topological polar surface area (TPSA) is 41.1 Å². The van der Waals surface area contributed by atoms with Gasteiger partial charge in [-0.15, -0.1) is 0 Å². The van der Waals surface area contributed by atoms with Crippen LogP contribution in [-0.2, 0) is 4.79 Å². The fourth-order valence-electron chi connectivity index (χ4n) is 2.40. The third-order valence-corrected chi connectivity index (χ3v) is 3.54. The summed E-state index contributed by atoms with van der Waals surface area (Å²) in [4.78, 5) is 11.0. The molecule has 0 atom stereocenters. The molecule has 0 aliphatic rings. The van der Waals surface area contributed by atoms with Gasteiger partial charge >= 0.3 is 0 Å². The Morgan fingerprint density at radius 1 is 0.952 bits per heavy atom. The van der Waals surface area contributed by atoms with E-state index in [9.17, 15) is 4.79 Å². The van der Waals surface area contributed by atoms with Gasteiger partial charge in [0.15, 0.2) is 0 Å². The summed E-state index contributed by atoms with van der Waals surface area (Å²) in [5.41, 5.74) is 1.92. The lowest BCUT2D eigenvalue weighted by Crippen LogP contribution is -2.06. The lowest BCUT2D eigenvalue weighted by molar-refractivity contribution is -0.114. The van der Waals surface area contributed by atoms with E-state index < -0.39 is 0 Å². The summed E-state index contributed by atoms with van der Waals surface area (Å²) in [6, 6.07) is 7.88. The van der Waals surface area contributed by atoms with Gasteiger partial charge in [0.05, 0.1) is 0 Å². The molecule has 3 nitrogen and oxygen atoms in total. The van der Waals surface area contributed by atoms with Crippen LogP contribution in [-0.4, -0.2) is 12.5 Å². The minimum absolute atomic E-state index is 0.0322. The van der Waals surface area contributed by atoms with E-state index in [2.05, 4.69) is 17.6 Å². The van der Waals surface area contributed by atoms with Crippen LogP contribution in [0.5, 0.6) is 0 Å². The number of hydrogen-bond acceptors (Lipinski definition) is 2. The molecular weight excluding hydrogens is 260 g/mol. The Kier molecular flexibility index (Phi) is 9.34. The molecule has 0 aliphatic heterocycles. The number of anilines is 2. The molecule has 0 unspecified atom stereocenters. The fourth-order valence-corrected chi connectivity index (χ4v) is 2.40. The van der Waals surface area contributed by atoms with Crippen LogP contribution in [0.1, 0.15) is 65.2 Å². The maximum atomic E-state index is 11.0. The fraction of sp³-hybridized carbons (Fsp3) is 0.611. The van der Waals surface area contributed by atoms with Crippen LogP contribution in [0.25, 0.3) is 0 Å². The molecule has 0 heterocycles. The Morgan fingerprint density at radius 3 is 2.24 bits per heavy atom. The molecule has 0 spiro atoms. The summed E-state index contributed by atoms with van der Waals surface area (Å²) in [5.74, 6) is -0.0322. The zero-order valence-corrected chi connectivity index (χ0v) is 13.6. The van der Waals surface area contributed by atoms with Crippen LogP contribution in [0.4, 0.5) is 11.4 Å². The lowest BCUT2D eigenvalue weighted by atomic mass is 10.1. The van der Waals surface area contributed by atoms with Gasteiger partial charge in [0.2, 0.25) is 5.91 Å². The Morgan fingerprint density at radius 2 is 1.57 bits per heavy atom. The van der Waals surface area contributed by atoms with Gasteiger partial charge in [-0.3, -0.25) is 4.79 Å². The lowest BCUT2D eigenvalue weighted by Gasteiger charge is -2.08. The SMILES string of the molecule is CCCCCCCCCCNc1cccc(NC(C)=O)c1. The minimum atomic E-state index is -0.0322. The van der Waals surface area contributed by atoms with Crippen molar-refractivity contribution in [3.05, 3.63) is 24.3 Å². The highest BCUT2D eigenvalue weighted by atomic mass is 16.1. The first-order valence-corrected chi connectivity index (χ1v) is 8.34. The molecule has 1 rings (SSSR count). The molecule has 0 fully saturated rings. The standard InChI is InChI=1S/C18H30N2O/c1-3-4-5-6-7-8-9-10-14-19-17-12-11-13-18(15-17)20-16(2)21/h11-13,15,19H,3-10,14H2,1-2H3,(H,20,21). The summed E-state index contributed by atoms with van der Waals surface area (Å²) in [6.07, 6.45) is 10.7. The van der Waals surface area contributed by atoms with Crippen LogP contribution in [0.15, 0.2) is 24.3 Å². The van der Waals surface area contributed by atoms with Gasteiger partial charge in [0.1, 0.15) is 0 Å². The number of unbranched alkanes of at least 4 members (excludes halogenated alkanes) is 7. The molecule has 1 aromatic rings. The average Bonchev–Trinajstić information content (AvgIpc) is 2.45. The molecular formula is C18H30N2O. The first-order valence-electron chi connectivity index (χ1n) is 8.34. The second-order valence-electron chi connectivity index (χ2n) is 5.66. The van der Waals surface area contributed by atoms with Gasteiger partial charge in [-0.05, 0) is 24.6 Å². The average molecular weight is 290 g/mol. The zero-order chi connectivity index (χ0) is 15.3. The van der Waals surface area contributed by atoms with Gasteiger partial charge in [-0.1, -0.05) is 57.9 Å². The van der Waals surface area contributed by atoms with Crippen LogP contribution >= 0.6 is 0 Å². The molecule has 1 aromatic carbocycles. The van der Waals surface area contributed by atoms with Crippen molar-refractivity contribution < 1.29 is 4.79 Å². The molecule has 1 amide bonds. The van der Waals surface area contributed by atoms with E-state index >= 15 is 0 Å². The number of hydrogen-bond donors (Lipinski definition) is 2. The van der Waals surface area contributed by atoms with Crippen molar-refractivity contribution in [2.45, 2.75) is 65.2 Å². The number of amides is 1. The number of nitrogens with one attached hydrogen (secondary N) is 2. The number of carbonyl (C=O) groups is 1. The van der Waals surface area contributed by atoms with E-state index in [1.807, 2.05) is 24.3 Å². The molecule has 3 heteroatoms. The van der Waals surface area contributed by atoms with E-state index in [1.165, 1.54) is 58.3 Å². The number of benzene rings is 1. The molecule has 0 saturated carbocycles. The van der Waals surface area contributed by atoms with Gasteiger partial charge in [-0.2, -0.15) is 0 Å². The van der Waals surface area contributed by atoms with Crippen LogP contribution < -0.4 is 10.6 Å². The Balaban J connectivity index is 2.08. The summed E-state index contributed by atoms with van der Waals surface area (Å²) >= 11 is 0. The predicted molar refractivity (Wildman–Crippen MR) is 91.8 cm³/mol. The third kappa shape index (κ3) is 9.11. The first kappa shape index (κ1) is 17.5. The largest absolute Gasteiger partial charge is 0.385 e. The van der Waals surface area contributed by atoms with Crippen LogP contribution in [0.2, 0.25) is 0 Å². The zero-order valence-electron chi connectivity index (χ0n) is 13.6. The predicted octanol–water partition coefficient (Wildman–Crippen LogP) is 5.20. The summed E-state index contributed by atoms with van der Waals surface area (Å²) in [5, 5.41) is 6.22. The highest BCUT2D eigenvalue weighted by Gasteiger charge is 1.97. The quantitative estimate of drug-likeness (QED) is 0.550. The summed E-state index contributed by atoms with van der Waals surface area (Å²) in [7, 11) is 0. The van der Waals surface area contributed by atoms with Crippen molar-refractivity contribution in [3.8, 4) is 0 Å². The molecule has 0 aromatic heterocycles. The van der Waals surface area contributed by atoms with Crippen molar-refractivity contribution in [1.29, 1.82) is 0 Å². The molecule has 0 aliphatic carbocycles. The maximum Gasteiger partial charge on any atom is 0.221 e. The third-order valence-electron chi connectivity index (χ3n) is 3.54. The van der Waals surface area contributed by atoms with Crippen molar-refractivity contribution in [3.63, 3.8) is 0 Å². The Hall–Kier alpha value is -1.51. The molecule has 0 saturated heterocycles. The van der Waals surface area contributed by atoms with Crippen molar-refractivity contribution in [2.75, 3.05) is 17.2 Å². The second kappa shape index (κ2) is 11.2. The van der Waals surface area contributed by atoms with E-state index in [4.69, 9.17) is 0 Å². The molecule has 118 valence electrons. The van der Waals surface area contributed by atoms with E-state index in [-0.39, 0.29) is 5.91 Å². The highest BCUT2D eigenvalue weighted by Crippen LogP contribution is 2.15. The summed E-state index contributed by atoms with van der Waals surface area (Å²) < 4.78 is 0. The van der Waals surface area contributed by atoms with Gasteiger partial charge in [0.25, 0.3) is 0 Å². The normalized spacial score (nSPS) is 10.4. The molecule has 21 heavy (non-hydrogen) atoms. The minimum Gasteiger partial charge on any atom is -0.385 e. The second-order valence-corrected chi connectivity index (χ2v) is 5.66. The van der Waals surface area contributed by atoms with Gasteiger partial charge in [-0.25, -0.2) is 0 Å². The van der Waals surface area contributed by atoms with Crippen molar-refractivity contribution in [1.82, 2.24) is 0 Å². The van der Waals surface area contributed by atoms with Crippen molar-refractivity contribution >= 4 is 17.3 Å². The molecule has 0 bridgehead atoms. The van der Waals surface area contributed by atoms with E-state index in [0.29, 0.717) is 0 Å². The molecule has 2 N–H and O–H groups in total. The summed E-state index contributed by atoms with van der Waals surface area (Å²) in [6.45, 7) is 4.78. The van der Waals surface area contributed by atoms with Gasteiger partial charge < -0.3 is 10.6 Å². The Labute approximate surface area is 129 Å². The van der Waals surface area contributed by atoms with Crippen molar-refractivity contribution in [2.24, 2.45) is 0 Å². The van der Waals surface area contributed by atoms with Crippen LogP contribution in [0.3, 0.4) is 0 Å². The number of rotatable bonds is 11. The monoisotopic (exact) mass is 290 g/mol. The van der Waals surface area contributed by atoms with E-state index in [1.54, 1.807) is 0 Å². The first-order chi connectivity index (χ1) is 10.2. The van der Waals surface area contributed by atoms with Crippen LogP contribution in [0, 0.1) is 0 Å². The van der Waals surface area contributed by atoms with E-state index in [0.717, 1.165) is 17.9 Å². The molecule has 0 radical (unpaired) electrons. The Bertz CT molecular complexity index is 404. The van der Waals surface area contributed by atoms with Gasteiger partial charge in [0, 0.05) is 24.8 Å².